The second-order valence-corrected chi connectivity index (χ2v) is 10.7. The van der Waals surface area contributed by atoms with Gasteiger partial charge in [-0.3, -0.25) is 0 Å². The Morgan fingerprint density at radius 1 is 1.20 bits per heavy atom. The Bertz CT molecular complexity index is 436. The van der Waals surface area contributed by atoms with Crippen molar-refractivity contribution in [2.24, 2.45) is 0 Å². The molecule has 0 atom stereocenters. The summed E-state index contributed by atoms with van der Waals surface area (Å²) in [6.07, 6.45) is 1.31. The van der Waals surface area contributed by atoms with E-state index in [0.717, 1.165) is 18.1 Å². The highest BCUT2D eigenvalue weighted by molar-refractivity contribution is 6.74. The first kappa shape index (κ1) is 16.8. The predicted molar refractivity (Wildman–Crippen MR) is 83.9 cm³/mol. The summed E-state index contributed by atoms with van der Waals surface area (Å²) < 4.78 is 13.1. The van der Waals surface area contributed by atoms with Gasteiger partial charge in [-0.1, -0.05) is 20.8 Å². The molecule has 1 heterocycles. The van der Waals surface area contributed by atoms with Crippen LogP contribution >= 0.6 is 0 Å². The smallest absolute Gasteiger partial charge is 0.421 e. The zero-order valence-corrected chi connectivity index (χ0v) is 14.5. The molecule has 0 aliphatic rings. The summed E-state index contributed by atoms with van der Waals surface area (Å²) in [5, 5.41) is 0. The molecule has 0 aliphatic carbocycles. The molecule has 0 spiro atoms. The van der Waals surface area contributed by atoms with Crippen molar-refractivity contribution < 1.29 is 14.0 Å². The first-order chi connectivity index (χ1) is 9.27. The number of nitrogens with zero attached hydrogens (tertiary/aromatic N) is 1. The first-order valence-electron chi connectivity index (χ1n) is 7.36. The van der Waals surface area contributed by atoms with Crippen molar-refractivity contribution in [3.63, 3.8) is 0 Å². The Morgan fingerprint density at radius 3 is 2.20 bits per heavy atom. The minimum absolute atomic E-state index is 0.385. The molecule has 0 N–H and O–H groups in total. The fourth-order valence-electron chi connectivity index (χ4n) is 2.10. The van der Waals surface area contributed by atoms with Crippen LogP contribution < -0.4 is 4.43 Å². The maximum Gasteiger partial charge on any atom is 0.421 e. The normalized spacial score (nSPS) is 12.3. The number of rotatable bonds is 5. The summed E-state index contributed by atoms with van der Waals surface area (Å²) >= 11 is 0. The van der Waals surface area contributed by atoms with Gasteiger partial charge in [0.25, 0.3) is 8.32 Å². The molecule has 1 aromatic rings. The van der Waals surface area contributed by atoms with E-state index in [0.29, 0.717) is 5.88 Å². The Labute approximate surface area is 123 Å². The minimum atomic E-state index is -1.79. The molecule has 114 valence electrons. The van der Waals surface area contributed by atoms with Gasteiger partial charge in [-0.25, -0.2) is 9.36 Å². The van der Waals surface area contributed by atoms with Crippen LogP contribution in [0, 0.1) is 0 Å². The van der Waals surface area contributed by atoms with E-state index in [1.807, 2.05) is 32.9 Å². The summed E-state index contributed by atoms with van der Waals surface area (Å²) in [5.74, 6) is 0.608. The van der Waals surface area contributed by atoms with Crippen molar-refractivity contribution in [2.45, 2.75) is 65.3 Å². The average molecular weight is 297 g/mol. The summed E-state index contributed by atoms with van der Waals surface area (Å²) in [6.45, 7) is 12.1. The zero-order valence-electron chi connectivity index (χ0n) is 13.5. The maximum atomic E-state index is 12.2. The minimum Gasteiger partial charge on any atom is -0.531 e. The van der Waals surface area contributed by atoms with Crippen molar-refractivity contribution in [3.05, 3.63) is 18.3 Å². The number of hydrogen-bond donors (Lipinski definition) is 0. The second-order valence-electron chi connectivity index (χ2n) is 6.04. The molecule has 0 aromatic carbocycles. The summed E-state index contributed by atoms with van der Waals surface area (Å²) in [4.78, 5) is 12.2. The monoisotopic (exact) mass is 297 g/mol. The molecule has 4 nitrogen and oxygen atoms in total. The molecule has 20 heavy (non-hydrogen) atoms. The molecule has 0 saturated heterocycles. The number of carbonyl (C=O) groups is 1. The predicted octanol–water partition coefficient (Wildman–Crippen LogP) is 4.66. The maximum absolute atomic E-state index is 12.2. The van der Waals surface area contributed by atoms with E-state index in [2.05, 4.69) is 20.8 Å². The molecule has 0 unspecified atom stereocenters. The van der Waals surface area contributed by atoms with Gasteiger partial charge in [-0.15, -0.1) is 0 Å². The molecule has 5 heteroatoms. The standard InChI is InChI=1S/C15H27NO3Si/c1-7-20(8-2,9-3)19-13-11-10-12-16(13)14(17)18-15(4,5)6/h10-12H,7-9H2,1-6H3. The van der Waals surface area contributed by atoms with E-state index in [9.17, 15) is 4.79 Å². The van der Waals surface area contributed by atoms with Gasteiger partial charge in [-0.05, 0) is 51.0 Å². The third-order valence-corrected chi connectivity index (χ3v) is 8.06. The summed E-state index contributed by atoms with van der Waals surface area (Å²) in [5.41, 5.74) is -0.507. The molecule has 0 saturated carbocycles. The van der Waals surface area contributed by atoms with Crippen molar-refractivity contribution in [1.82, 2.24) is 4.57 Å². The van der Waals surface area contributed by atoms with Crippen LogP contribution in [0.5, 0.6) is 5.88 Å². The summed E-state index contributed by atoms with van der Waals surface area (Å²) in [6, 6.07) is 6.78. The van der Waals surface area contributed by atoms with Gasteiger partial charge >= 0.3 is 6.09 Å². The van der Waals surface area contributed by atoms with Gasteiger partial charge in [0.2, 0.25) is 0 Å². The fraction of sp³-hybridized carbons (Fsp3) is 0.667. The SMILES string of the molecule is CC[Si](CC)(CC)Oc1cccn1C(=O)OC(C)(C)C. The molecule has 0 fully saturated rings. The molecule has 0 bridgehead atoms. The molecular weight excluding hydrogens is 270 g/mol. The lowest BCUT2D eigenvalue weighted by atomic mass is 10.2. The lowest BCUT2D eigenvalue weighted by molar-refractivity contribution is 0.0529. The Kier molecular flexibility index (Phi) is 5.45. The van der Waals surface area contributed by atoms with E-state index in [-0.39, 0.29) is 6.09 Å². The van der Waals surface area contributed by atoms with E-state index in [1.54, 1.807) is 6.20 Å². The van der Waals surface area contributed by atoms with E-state index in [4.69, 9.17) is 9.16 Å². The molecule has 0 radical (unpaired) electrons. The van der Waals surface area contributed by atoms with Crippen LogP contribution in [0.25, 0.3) is 0 Å². The van der Waals surface area contributed by atoms with Gasteiger partial charge in [0, 0.05) is 6.20 Å². The Morgan fingerprint density at radius 2 is 1.75 bits per heavy atom. The first-order valence-corrected chi connectivity index (χ1v) is 9.89. The lowest BCUT2D eigenvalue weighted by Gasteiger charge is -2.29. The third-order valence-electron chi connectivity index (χ3n) is 3.56. The average Bonchev–Trinajstić information content (AvgIpc) is 2.82. The molecule has 1 aromatic heterocycles. The molecule has 0 aliphatic heterocycles. The van der Waals surface area contributed by atoms with Crippen LogP contribution in [0.4, 0.5) is 4.79 Å². The van der Waals surface area contributed by atoms with Crippen LogP contribution in [0.2, 0.25) is 18.1 Å². The number of aromatic nitrogens is 1. The molecule has 0 amide bonds. The molecular formula is C15H27NO3Si. The highest BCUT2D eigenvalue weighted by Gasteiger charge is 2.32. The van der Waals surface area contributed by atoms with Gasteiger partial charge < -0.3 is 9.16 Å². The third kappa shape index (κ3) is 4.13. The number of hydrogen-bond acceptors (Lipinski definition) is 3. The van der Waals surface area contributed by atoms with Crippen LogP contribution in [0.1, 0.15) is 41.5 Å². The highest BCUT2D eigenvalue weighted by atomic mass is 28.4. The second kappa shape index (κ2) is 6.48. The topological polar surface area (TPSA) is 40.5 Å². The highest BCUT2D eigenvalue weighted by Crippen LogP contribution is 2.26. The van der Waals surface area contributed by atoms with E-state index >= 15 is 0 Å². The van der Waals surface area contributed by atoms with Crippen LogP contribution in [-0.2, 0) is 4.74 Å². The largest absolute Gasteiger partial charge is 0.531 e. The van der Waals surface area contributed by atoms with Gasteiger partial charge in [0.1, 0.15) is 5.60 Å². The van der Waals surface area contributed by atoms with Gasteiger partial charge in [0.15, 0.2) is 5.88 Å². The fourth-order valence-corrected chi connectivity index (χ4v) is 4.64. The molecule has 1 rings (SSSR count). The van der Waals surface area contributed by atoms with Crippen molar-refractivity contribution >= 4 is 14.4 Å². The Hall–Kier alpha value is -1.23. The summed E-state index contributed by atoms with van der Waals surface area (Å²) in [7, 11) is -1.79. The Balaban J connectivity index is 2.94. The lowest BCUT2D eigenvalue weighted by Crippen LogP contribution is -2.40. The van der Waals surface area contributed by atoms with Crippen molar-refractivity contribution in [3.8, 4) is 5.88 Å². The van der Waals surface area contributed by atoms with Gasteiger partial charge in [-0.2, -0.15) is 0 Å². The zero-order chi connectivity index (χ0) is 15.4. The van der Waals surface area contributed by atoms with Gasteiger partial charge in [0.05, 0.1) is 0 Å². The van der Waals surface area contributed by atoms with Crippen molar-refractivity contribution in [2.75, 3.05) is 0 Å². The van der Waals surface area contributed by atoms with Crippen LogP contribution in [-0.4, -0.2) is 24.6 Å². The van der Waals surface area contributed by atoms with Crippen LogP contribution in [0.3, 0.4) is 0 Å². The number of carbonyl (C=O) groups excluding carboxylic acids is 1. The van der Waals surface area contributed by atoms with E-state index in [1.165, 1.54) is 4.57 Å². The van der Waals surface area contributed by atoms with E-state index < -0.39 is 13.9 Å². The quantitative estimate of drug-likeness (QED) is 0.742. The number of ether oxygens (including phenoxy) is 1. The van der Waals surface area contributed by atoms with Crippen molar-refractivity contribution in [1.29, 1.82) is 0 Å². The van der Waals surface area contributed by atoms with Crippen LogP contribution in [0.15, 0.2) is 18.3 Å².